The van der Waals surface area contributed by atoms with E-state index < -0.39 is 67.8 Å². The van der Waals surface area contributed by atoms with E-state index in [1.807, 2.05) is 37.3 Å². The van der Waals surface area contributed by atoms with Gasteiger partial charge in [0, 0.05) is 42.9 Å². The van der Waals surface area contributed by atoms with Gasteiger partial charge in [-0.15, -0.1) is 0 Å². The average molecular weight is 907 g/mol. The number of aromatic nitrogens is 1. The van der Waals surface area contributed by atoms with Crippen LogP contribution in [-0.2, 0) is 40.3 Å². The van der Waals surface area contributed by atoms with Gasteiger partial charge in [-0.25, -0.2) is 18.2 Å². The molecule has 2 saturated carbocycles. The topological polar surface area (TPSA) is 209 Å². The number of nitrogens with one attached hydrogen (secondary N) is 2. The number of amides is 4. The van der Waals surface area contributed by atoms with Gasteiger partial charge in [-0.2, -0.15) is 0 Å². The van der Waals surface area contributed by atoms with Gasteiger partial charge in [0.15, 0.2) is 6.10 Å². The van der Waals surface area contributed by atoms with Gasteiger partial charge in [-0.05, 0) is 101 Å². The highest BCUT2D eigenvalue weighted by atomic mass is 32.2. The molecule has 8 rings (SSSR count). The number of ether oxygens (including phenoxy) is 4. The monoisotopic (exact) mass is 906 g/mol. The average Bonchev–Trinajstić information content (AvgIpc) is 4.14. The van der Waals surface area contributed by atoms with E-state index in [9.17, 15) is 27.6 Å². The van der Waals surface area contributed by atoms with E-state index in [-0.39, 0.29) is 37.1 Å². The molecule has 64 heavy (non-hydrogen) atoms. The predicted molar refractivity (Wildman–Crippen MR) is 239 cm³/mol. The van der Waals surface area contributed by atoms with Gasteiger partial charge in [0.2, 0.25) is 15.9 Å². The molecule has 1 aromatic heterocycles. The molecule has 5 heterocycles. The number of nitrogens with zero attached hydrogens (tertiary/aromatic N) is 3. The number of pyridine rings is 1. The first-order valence-electron chi connectivity index (χ1n) is 23.3. The number of sulfonamides is 1. The molecule has 1 spiro atoms. The van der Waals surface area contributed by atoms with Gasteiger partial charge in [0.25, 0.3) is 11.8 Å². The summed E-state index contributed by atoms with van der Waals surface area (Å²) >= 11 is 0. The molecule has 4 amide bonds. The SMILES string of the molecule is CCc1nc2ccc(OCCCN3CCOCC3)cc2c2c1O[C@]1(CC2C(C)(C)C)C[C@H]2C(=O)N[C@]3(C(=O)NS(=O)(=O)C4(C)CC4)C[C@H]3/C=C\CCCCC[C@H](OC(N)=O)C(=O)N2C1. The van der Waals surface area contributed by atoms with Crippen molar-refractivity contribution in [1.29, 1.82) is 0 Å². The lowest BCUT2D eigenvalue weighted by molar-refractivity contribution is -0.146. The number of hydrogen-bond donors (Lipinski definition) is 3. The van der Waals surface area contributed by atoms with Crippen molar-refractivity contribution >= 4 is 44.7 Å². The second kappa shape index (κ2) is 17.7. The predicted octanol–water partition coefficient (Wildman–Crippen LogP) is 5.01. The van der Waals surface area contributed by atoms with Gasteiger partial charge >= 0.3 is 6.09 Å². The zero-order chi connectivity index (χ0) is 45.7. The Morgan fingerprint density at radius 2 is 1.84 bits per heavy atom. The van der Waals surface area contributed by atoms with Crippen LogP contribution in [0.15, 0.2) is 30.4 Å². The lowest BCUT2D eigenvalue weighted by Crippen LogP contribution is -2.58. The normalized spacial score (nSPS) is 30.1. The van der Waals surface area contributed by atoms with Crippen LogP contribution >= 0.6 is 0 Å². The Balaban J connectivity index is 1.14. The molecule has 16 nitrogen and oxygen atoms in total. The fourth-order valence-electron chi connectivity index (χ4n) is 10.2. The van der Waals surface area contributed by atoms with Gasteiger partial charge in [-0.3, -0.25) is 24.0 Å². The van der Waals surface area contributed by atoms with E-state index >= 15 is 0 Å². The summed E-state index contributed by atoms with van der Waals surface area (Å²) in [7, 11) is -4.02. The summed E-state index contributed by atoms with van der Waals surface area (Å²) in [5, 5.41) is 3.89. The second-order valence-electron chi connectivity index (χ2n) is 20.2. The highest BCUT2D eigenvalue weighted by molar-refractivity contribution is 7.91. The molecule has 350 valence electrons. The van der Waals surface area contributed by atoms with Crippen LogP contribution in [0.1, 0.15) is 122 Å². The van der Waals surface area contributed by atoms with Crippen LogP contribution in [0.5, 0.6) is 11.5 Å². The maximum Gasteiger partial charge on any atom is 0.405 e. The number of benzene rings is 1. The molecular formula is C47H66N6O10S. The third kappa shape index (κ3) is 9.31. The minimum absolute atomic E-state index is 0.0166. The number of nitrogens with two attached hydrogens (primary N) is 1. The van der Waals surface area contributed by atoms with Crippen molar-refractivity contribution in [2.75, 3.05) is 46.0 Å². The fraction of sp³-hybridized carbons (Fsp3) is 0.681. The van der Waals surface area contributed by atoms with E-state index in [1.165, 1.54) is 4.90 Å². The first kappa shape index (κ1) is 46.1. The standard InChI is InChI=1S/C47H66N6O10S/c1-6-34-39-38(32-25-31(15-16-35(32)49-34)61-22-12-19-52-20-23-60-24-21-52)33(44(2,3)4)27-46(63-39)28-36-40(54)50-47(42(56)51-64(58,59)45(5)17-18-45)26-30(47)13-10-8-7-9-11-14-37(62-43(48)57)41(55)53(36)29-46/h10,13,15-16,25,30,33,36-37H,6-9,11-12,14,17-24,26-29H2,1-5H3,(H2,48,57)(H,50,54)(H,51,56)/b13-10-/t30-,33?,36+,37+,46-,47-/m1/s1. The third-order valence-corrected chi connectivity index (χ3v) is 16.6. The van der Waals surface area contributed by atoms with Crippen LogP contribution in [0.4, 0.5) is 4.79 Å². The Bertz CT molecular complexity index is 2290. The van der Waals surface area contributed by atoms with Crippen LogP contribution in [0.25, 0.3) is 10.9 Å². The van der Waals surface area contributed by atoms with Crippen LogP contribution in [0.2, 0.25) is 0 Å². The van der Waals surface area contributed by atoms with Crippen molar-refractivity contribution in [1.82, 2.24) is 24.8 Å². The molecule has 1 aromatic carbocycles. The van der Waals surface area contributed by atoms with Crippen molar-refractivity contribution in [3.8, 4) is 11.5 Å². The van der Waals surface area contributed by atoms with E-state index in [0.29, 0.717) is 50.9 Å². The first-order valence-corrected chi connectivity index (χ1v) is 24.8. The van der Waals surface area contributed by atoms with Crippen LogP contribution < -0.4 is 25.2 Å². The molecular weight excluding hydrogens is 841 g/mol. The molecule has 2 aromatic rings. The maximum atomic E-state index is 14.9. The number of aryl methyl sites for hydroxylation is 1. The number of fused-ring (bicyclic) bond motifs is 5. The smallest absolute Gasteiger partial charge is 0.405 e. The minimum Gasteiger partial charge on any atom is -0.494 e. The number of carbonyl (C=O) groups is 4. The molecule has 4 fully saturated rings. The van der Waals surface area contributed by atoms with E-state index in [0.717, 1.165) is 80.0 Å². The Morgan fingerprint density at radius 1 is 1.08 bits per heavy atom. The number of carbonyl (C=O) groups excluding carboxylic acids is 4. The molecule has 2 aliphatic carbocycles. The number of hydrogen-bond acceptors (Lipinski definition) is 12. The number of rotatable bonds is 10. The van der Waals surface area contributed by atoms with E-state index in [4.69, 9.17) is 29.7 Å². The Labute approximate surface area is 376 Å². The molecule has 0 radical (unpaired) electrons. The number of morpholine rings is 1. The van der Waals surface area contributed by atoms with Crippen molar-refractivity contribution in [2.24, 2.45) is 17.1 Å². The summed E-state index contributed by atoms with van der Waals surface area (Å²) in [4.78, 5) is 65.0. The van der Waals surface area contributed by atoms with Crippen LogP contribution in [-0.4, -0.2) is 121 Å². The van der Waals surface area contributed by atoms with Crippen molar-refractivity contribution in [3.05, 3.63) is 41.6 Å². The molecule has 0 bridgehead atoms. The highest BCUT2D eigenvalue weighted by Gasteiger charge is 2.64. The summed E-state index contributed by atoms with van der Waals surface area (Å²) in [6, 6.07) is 4.83. The van der Waals surface area contributed by atoms with Crippen LogP contribution in [0, 0.1) is 11.3 Å². The Morgan fingerprint density at radius 3 is 2.55 bits per heavy atom. The highest BCUT2D eigenvalue weighted by Crippen LogP contribution is 2.56. The largest absolute Gasteiger partial charge is 0.494 e. The Kier molecular flexibility index (Phi) is 12.8. The van der Waals surface area contributed by atoms with E-state index in [2.05, 4.69) is 35.7 Å². The zero-order valence-electron chi connectivity index (χ0n) is 38.0. The fourth-order valence-corrected chi connectivity index (χ4v) is 11.5. The number of primary amides is 1. The summed E-state index contributed by atoms with van der Waals surface area (Å²) in [6.07, 6.45) is 7.39. The summed E-state index contributed by atoms with van der Waals surface area (Å²) < 4.78 is 52.5. The molecule has 6 atom stereocenters. The van der Waals surface area contributed by atoms with Crippen molar-refractivity contribution in [2.45, 2.75) is 146 Å². The maximum absolute atomic E-state index is 14.9. The molecule has 4 N–H and O–H groups in total. The lowest BCUT2D eigenvalue weighted by atomic mass is 9.68. The van der Waals surface area contributed by atoms with E-state index in [1.54, 1.807) is 6.92 Å². The second-order valence-corrected chi connectivity index (χ2v) is 22.4. The molecule has 4 aliphatic heterocycles. The summed E-state index contributed by atoms with van der Waals surface area (Å²) in [5.41, 5.74) is 5.13. The third-order valence-electron chi connectivity index (χ3n) is 14.5. The lowest BCUT2D eigenvalue weighted by Gasteiger charge is -2.45. The number of allylic oxidation sites excluding steroid dienone is 1. The molecule has 1 unspecified atom stereocenters. The zero-order valence-corrected chi connectivity index (χ0v) is 38.9. The van der Waals surface area contributed by atoms with Gasteiger partial charge < -0.3 is 34.9 Å². The molecule has 2 saturated heterocycles. The summed E-state index contributed by atoms with van der Waals surface area (Å²) in [6.45, 7) is 14.9. The quantitative estimate of drug-likeness (QED) is 0.213. The van der Waals surface area contributed by atoms with Gasteiger partial charge in [-0.1, -0.05) is 46.3 Å². The van der Waals surface area contributed by atoms with Gasteiger partial charge in [0.1, 0.15) is 28.7 Å². The van der Waals surface area contributed by atoms with Crippen LogP contribution in [0.3, 0.4) is 0 Å². The molecule has 6 aliphatic rings. The molecule has 17 heteroatoms. The summed E-state index contributed by atoms with van der Waals surface area (Å²) in [5.74, 6) is -1.24. The van der Waals surface area contributed by atoms with Gasteiger partial charge in [0.05, 0.1) is 42.3 Å². The van der Waals surface area contributed by atoms with Crippen molar-refractivity contribution < 1.29 is 46.5 Å². The van der Waals surface area contributed by atoms with Crippen molar-refractivity contribution in [3.63, 3.8) is 0 Å². The first-order chi connectivity index (χ1) is 30.4. The Hall–Kier alpha value is -4.48. The minimum atomic E-state index is -4.02.